The van der Waals surface area contributed by atoms with E-state index in [1.165, 1.54) is 25.7 Å². The van der Waals surface area contributed by atoms with Gasteiger partial charge in [0.2, 0.25) is 0 Å². The molecule has 0 radical (unpaired) electrons. The van der Waals surface area contributed by atoms with E-state index in [0.29, 0.717) is 25.0 Å². The number of ether oxygens (including phenoxy) is 2. The lowest BCUT2D eigenvalue weighted by Gasteiger charge is -2.40. The minimum absolute atomic E-state index is 0.0542. The van der Waals surface area contributed by atoms with Gasteiger partial charge in [0, 0.05) is 11.8 Å². The van der Waals surface area contributed by atoms with Crippen LogP contribution in [-0.4, -0.2) is 49.8 Å². The van der Waals surface area contributed by atoms with E-state index in [4.69, 9.17) is 9.47 Å². The van der Waals surface area contributed by atoms with Crippen molar-refractivity contribution in [3.8, 4) is 11.5 Å². The maximum absolute atomic E-state index is 12.7. The van der Waals surface area contributed by atoms with Crippen molar-refractivity contribution in [1.29, 1.82) is 0 Å². The second kappa shape index (κ2) is 6.40. The molecule has 1 amide bonds. The largest absolute Gasteiger partial charge is 0.486 e. The predicted octanol–water partition coefficient (Wildman–Crippen LogP) is 2.80. The first kappa shape index (κ1) is 16.1. The molecule has 2 aliphatic rings. The van der Waals surface area contributed by atoms with Crippen LogP contribution in [-0.2, 0) is 4.79 Å². The Bertz CT molecular complexity index is 580. The highest BCUT2D eigenvalue weighted by Crippen LogP contribution is 2.33. The van der Waals surface area contributed by atoms with Crippen molar-refractivity contribution in [3.63, 3.8) is 0 Å². The van der Waals surface area contributed by atoms with Gasteiger partial charge in [-0.05, 0) is 44.7 Å². The molecule has 1 aromatic carbocycles. The van der Waals surface area contributed by atoms with Gasteiger partial charge in [0.05, 0.1) is 20.1 Å². The fraction of sp³-hybridized carbons (Fsp3) is 0.611. The van der Waals surface area contributed by atoms with E-state index in [0.717, 1.165) is 15.9 Å². The molecule has 0 saturated heterocycles. The zero-order valence-electron chi connectivity index (χ0n) is 14.3. The molecule has 5 heteroatoms. The van der Waals surface area contributed by atoms with Crippen LogP contribution < -0.4 is 14.8 Å². The Morgan fingerprint density at radius 1 is 1.17 bits per heavy atom. The summed E-state index contributed by atoms with van der Waals surface area (Å²) in [6.45, 7) is 3.14. The number of benzene rings is 1. The molecule has 1 atom stereocenters. The number of rotatable bonds is 4. The lowest BCUT2D eigenvalue weighted by atomic mass is 10.1. The van der Waals surface area contributed by atoms with Crippen LogP contribution in [0.3, 0.4) is 0 Å². The van der Waals surface area contributed by atoms with E-state index in [1.54, 1.807) is 0 Å². The average molecular weight is 319 g/mol. The first-order valence-electron chi connectivity index (χ1n) is 8.52. The van der Waals surface area contributed by atoms with Crippen molar-refractivity contribution in [2.24, 2.45) is 0 Å². The molecule has 1 aliphatic carbocycles. The van der Waals surface area contributed by atoms with Crippen LogP contribution in [0.15, 0.2) is 18.2 Å². The third-order valence-electron chi connectivity index (χ3n) is 5.45. The van der Waals surface area contributed by atoms with E-state index < -0.39 is 0 Å². The zero-order valence-corrected chi connectivity index (χ0v) is 14.3. The highest BCUT2D eigenvalue weighted by atomic mass is 16.6. The molecule has 1 heterocycles. The first-order chi connectivity index (χ1) is 11.0. The van der Waals surface area contributed by atoms with Crippen LogP contribution in [0.2, 0.25) is 0 Å². The molecule has 3 rings (SSSR count). The van der Waals surface area contributed by atoms with Gasteiger partial charge in [0.1, 0.15) is 13.2 Å². The molecule has 0 spiro atoms. The molecule has 1 aliphatic heterocycles. The van der Waals surface area contributed by atoms with Crippen LogP contribution in [0.4, 0.5) is 5.69 Å². The summed E-state index contributed by atoms with van der Waals surface area (Å²) >= 11 is 0. The Morgan fingerprint density at radius 2 is 1.83 bits per heavy atom. The molecule has 0 unspecified atom stereocenters. The van der Waals surface area contributed by atoms with Crippen LogP contribution in [0.25, 0.3) is 0 Å². The summed E-state index contributed by atoms with van der Waals surface area (Å²) in [7, 11) is 4.34. The van der Waals surface area contributed by atoms with Gasteiger partial charge in [-0.3, -0.25) is 4.79 Å². The lowest BCUT2D eigenvalue weighted by molar-refractivity contribution is -0.927. The second-order valence-electron chi connectivity index (χ2n) is 7.09. The maximum Gasteiger partial charge on any atom is 0.282 e. The molecule has 1 N–H and O–H groups in total. The van der Waals surface area contributed by atoms with E-state index >= 15 is 0 Å². The van der Waals surface area contributed by atoms with Gasteiger partial charge < -0.3 is 19.3 Å². The number of nitrogens with zero attached hydrogens (tertiary/aromatic N) is 1. The third kappa shape index (κ3) is 3.29. The van der Waals surface area contributed by atoms with Crippen LogP contribution >= 0.6 is 0 Å². The van der Waals surface area contributed by atoms with Crippen molar-refractivity contribution in [1.82, 2.24) is 0 Å². The molecule has 23 heavy (non-hydrogen) atoms. The average Bonchev–Trinajstić information content (AvgIpc) is 3.09. The van der Waals surface area contributed by atoms with E-state index in [9.17, 15) is 4.79 Å². The Labute approximate surface area is 138 Å². The molecule has 0 bridgehead atoms. The molecule has 1 aromatic rings. The number of carbonyl (C=O) groups is 1. The van der Waals surface area contributed by atoms with Gasteiger partial charge in [0.15, 0.2) is 17.5 Å². The van der Waals surface area contributed by atoms with Crippen molar-refractivity contribution < 1.29 is 18.8 Å². The van der Waals surface area contributed by atoms with Crippen LogP contribution in [0.1, 0.15) is 32.6 Å². The van der Waals surface area contributed by atoms with E-state index in [1.807, 2.05) is 25.1 Å². The fourth-order valence-electron chi connectivity index (χ4n) is 3.56. The SMILES string of the molecule is C[C@H](C(=O)Nc1ccc2c(c1)OCCO2)[N+](C)(C)C1CCCC1. The summed E-state index contributed by atoms with van der Waals surface area (Å²) < 4.78 is 11.8. The number of carbonyl (C=O) groups excluding carboxylic acids is 1. The van der Waals surface area contributed by atoms with E-state index in [2.05, 4.69) is 19.4 Å². The zero-order chi connectivity index (χ0) is 16.4. The first-order valence-corrected chi connectivity index (χ1v) is 8.52. The molecular weight excluding hydrogens is 292 g/mol. The van der Waals surface area contributed by atoms with Crippen molar-refractivity contribution in [2.45, 2.75) is 44.7 Å². The number of amides is 1. The van der Waals surface area contributed by atoms with Crippen LogP contribution in [0.5, 0.6) is 11.5 Å². The van der Waals surface area contributed by atoms with Crippen molar-refractivity contribution >= 4 is 11.6 Å². The number of nitrogens with one attached hydrogen (secondary N) is 1. The molecule has 5 nitrogen and oxygen atoms in total. The maximum atomic E-state index is 12.7. The van der Waals surface area contributed by atoms with E-state index in [-0.39, 0.29) is 11.9 Å². The smallest absolute Gasteiger partial charge is 0.282 e. The summed E-state index contributed by atoms with van der Waals surface area (Å²) in [5, 5.41) is 3.03. The third-order valence-corrected chi connectivity index (χ3v) is 5.45. The monoisotopic (exact) mass is 319 g/mol. The van der Waals surface area contributed by atoms with Gasteiger partial charge in [-0.1, -0.05) is 0 Å². The molecule has 0 aromatic heterocycles. The van der Waals surface area contributed by atoms with Gasteiger partial charge >= 0.3 is 0 Å². The molecule has 126 valence electrons. The van der Waals surface area contributed by atoms with Crippen molar-refractivity contribution in [2.75, 3.05) is 32.6 Å². The Morgan fingerprint density at radius 3 is 2.52 bits per heavy atom. The highest BCUT2D eigenvalue weighted by Gasteiger charge is 2.39. The number of hydrogen-bond donors (Lipinski definition) is 1. The molecule has 1 fully saturated rings. The second-order valence-corrected chi connectivity index (χ2v) is 7.09. The highest BCUT2D eigenvalue weighted by molar-refractivity contribution is 5.94. The number of quaternary nitrogens is 1. The number of likely N-dealkylation sites (N-methyl/N-ethyl adjacent to an activating group) is 1. The Balaban J connectivity index is 1.68. The molecule has 1 saturated carbocycles. The van der Waals surface area contributed by atoms with Crippen LogP contribution in [0, 0.1) is 0 Å². The number of anilines is 1. The normalized spacial score (nSPS) is 19.4. The fourth-order valence-corrected chi connectivity index (χ4v) is 3.56. The Kier molecular flexibility index (Phi) is 4.48. The topological polar surface area (TPSA) is 47.6 Å². The van der Waals surface area contributed by atoms with Gasteiger partial charge in [-0.2, -0.15) is 0 Å². The standard InChI is InChI=1S/C18H26N2O3/c1-13(20(2,3)15-6-4-5-7-15)18(21)19-14-8-9-16-17(12-14)23-11-10-22-16/h8-9,12-13,15H,4-7,10-11H2,1-3H3/p+1/t13-/m1/s1. The summed E-state index contributed by atoms with van der Waals surface area (Å²) in [5.74, 6) is 1.49. The minimum atomic E-state index is -0.0914. The number of fused-ring (bicyclic) bond motifs is 1. The minimum Gasteiger partial charge on any atom is -0.486 e. The molecular formula is C18H27N2O3+. The van der Waals surface area contributed by atoms with Gasteiger partial charge in [-0.15, -0.1) is 0 Å². The van der Waals surface area contributed by atoms with Gasteiger partial charge in [-0.25, -0.2) is 0 Å². The summed E-state index contributed by atoms with van der Waals surface area (Å²) in [5.41, 5.74) is 0.762. The Hall–Kier alpha value is -1.75. The summed E-state index contributed by atoms with van der Waals surface area (Å²) in [4.78, 5) is 12.7. The summed E-state index contributed by atoms with van der Waals surface area (Å²) in [6, 6.07) is 6.05. The van der Waals surface area contributed by atoms with Gasteiger partial charge in [0.25, 0.3) is 5.91 Å². The number of hydrogen-bond acceptors (Lipinski definition) is 3. The van der Waals surface area contributed by atoms with Crippen molar-refractivity contribution in [3.05, 3.63) is 18.2 Å². The summed E-state index contributed by atoms with van der Waals surface area (Å²) in [6.07, 6.45) is 5.00. The predicted molar refractivity (Wildman–Crippen MR) is 89.9 cm³/mol. The quantitative estimate of drug-likeness (QED) is 0.868. The lowest BCUT2D eigenvalue weighted by Crippen LogP contribution is -2.57.